The summed E-state index contributed by atoms with van der Waals surface area (Å²) in [7, 11) is -3.49. The van der Waals surface area contributed by atoms with E-state index in [1.165, 1.54) is 12.1 Å². The Morgan fingerprint density at radius 2 is 1.95 bits per heavy atom. The molecule has 108 valence electrons. The molecule has 0 radical (unpaired) electrons. The molecule has 1 heterocycles. The van der Waals surface area contributed by atoms with Crippen molar-refractivity contribution in [3.05, 3.63) is 18.2 Å². The second kappa shape index (κ2) is 6.95. The van der Waals surface area contributed by atoms with Gasteiger partial charge < -0.3 is 15.2 Å². The fourth-order valence-electron chi connectivity index (χ4n) is 1.60. The van der Waals surface area contributed by atoms with Crippen molar-refractivity contribution < 1.29 is 17.9 Å². The van der Waals surface area contributed by atoms with Crippen LogP contribution >= 0.6 is 12.4 Å². The maximum Gasteiger partial charge on any atom is 0.240 e. The van der Waals surface area contributed by atoms with E-state index >= 15 is 0 Å². The predicted molar refractivity (Wildman–Crippen MR) is 73.3 cm³/mol. The van der Waals surface area contributed by atoms with Crippen LogP contribution in [0.5, 0.6) is 11.5 Å². The minimum atomic E-state index is -3.49. The van der Waals surface area contributed by atoms with Crippen molar-refractivity contribution in [3.63, 3.8) is 0 Å². The monoisotopic (exact) mass is 308 g/mol. The number of nitrogens with two attached hydrogens (primary N) is 1. The maximum absolute atomic E-state index is 12.0. The number of sulfonamides is 1. The van der Waals surface area contributed by atoms with Crippen LogP contribution in [0.1, 0.15) is 12.8 Å². The molecule has 0 fully saturated rings. The largest absolute Gasteiger partial charge is 0.454 e. The molecule has 1 aliphatic rings. The first-order valence-electron chi connectivity index (χ1n) is 5.73. The number of benzene rings is 1. The van der Waals surface area contributed by atoms with Crippen LogP contribution in [-0.4, -0.2) is 28.3 Å². The molecule has 0 spiro atoms. The fourth-order valence-corrected chi connectivity index (χ4v) is 2.69. The summed E-state index contributed by atoms with van der Waals surface area (Å²) in [6.45, 7) is 1.07. The van der Waals surface area contributed by atoms with E-state index in [0.29, 0.717) is 24.6 Å². The highest BCUT2D eigenvalue weighted by atomic mass is 35.5. The third-order valence-corrected chi connectivity index (χ3v) is 4.04. The molecule has 1 aromatic carbocycles. The minimum absolute atomic E-state index is 0. The molecule has 0 atom stereocenters. The maximum atomic E-state index is 12.0. The Labute approximate surface area is 118 Å². The van der Waals surface area contributed by atoms with Gasteiger partial charge in [-0.25, -0.2) is 13.1 Å². The van der Waals surface area contributed by atoms with Crippen LogP contribution in [0.15, 0.2) is 23.1 Å². The number of fused-ring (bicyclic) bond motifs is 1. The smallest absolute Gasteiger partial charge is 0.240 e. The molecule has 2 rings (SSSR count). The lowest BCUT2D eigenvalue weighted by Crippen LogP contribution is -2.25. The summed E-state index contributed by atoms with van der Waals surface area (Å²) in [5, 5.41) is 0. The van der Waals surface area contributed by atoms with Gasteiger partial charge in [-0.1, -0.05) is 0 Å². The Balaban J connectivity index is 0.00000180. The summed E-state index contributed by atoms with van der Waals surface area (Å²) in [6, 6.07) is 4.56. The van der Waals surface area contributed by atoms with Gasteiger partial charge in [-0.05, 0) is 31.5 Å². The highest BCUT2D eigenvalue weighted by molar-refractivity contribution is 7.89. The lowest BCUT2D eigenvalue weighted by molar-refractivity contribution is 0.174. The first-order valence-corrected chi connectivity index (χ1v) is 7.21. The molecule has 0 unspecified atom stereocenters. The zero-order valence-electron chi connectivity index (χ0n) is 10.3. The van der Waals surface area contributed by atoms with Crippen molar-refractivity contribution >= 4 is 22.4 Å². The van der Waals surface area contributed by atoms with Crippen molar-refractivity contribution in [2.75, 3.05) is 19.9 Å². The van der Waals surface area contributed by atoms with E-state index < -0.39 is 10.0 Å². The number of unbranched alkanes of at least 4 members (excludes halogenated alkanes) is 1. The van der Waals surface area contributed by atoms with E-state index in [4.69, 9.17) is 15.2 Å². The zero-order valence-corrected chi connectivity index (χ0v) is 11.9. The number of hydrogen-bond acceptors (Lipinski definition) is 5. The number of halogens is 1. The van der Waals surface area contributed by atoms with Crippen LogP contribution < -0.4 is 19.9 Å². The molecule has 3 N–H and O–H groups in total. The lowest BCUT2D eigenvalue weighted by Gasteiger charge is -2.07. The number of rotatable bonds is 6. The number of hydrogen-bond donors (Lipinski definition) is 2. The third-order valence-electron chi connectivity index (χ3n) is 2.58. The van der Waals surface area contributed by atoms with Gasteiger partial charge in [0.25, 0.3) is 0 Å². The summed E-state index contributed by atoms with van der Waals surface area (Å²) in [4.78, 5) is 0.180. The van der Waals surface area contributed by atoms with E-state index in [2.05, 4.69) is 4.72 Å². The average molecular weight is 309 g/mol. The number of nitrogens with one attached hydrogen (secondary N) is 1. The van der Waals surface area contributed by atoms with Gasteiger partial charge >= 0.3 is 0 Å². The van der Waals surface area contributed by atoms with E-state index in [0.717, 1.165) is 12.8 Å². The van der Waals surface area contributed by atoms with Crippen LogP contribution in [-0.2, 0) is 10.0 Å². The van der Waals surface area contributed by atoms with Gasteiger partial charge in [0.2, 0.25) is 16.8 Å². The van der Waals surface area contributed by atoms with Crippen molar-refractivity contribution in [2.45, 2.75) is 17.7 Å². The molecule has 19 heavy (non-hydrogen) atoms. The van der Waals surface area contributed by atoms with Gasteiger partial charge in [0.05, 0.1) is 4.90 Å². The van der Waals surface area contributed by atoms with E-state index in [1.807, 2.05) is 0 Å². The Morgan fingerprint density at radius 3 is 2.68 bits per heavy atom. The average Bonchev–Trinajstić information content (AvgIpc) is 2.82. The molecule has 1 aromatic rings. The van der Waals surface area contributed by atoms with E-state index in [9.17, 15) is 8.42 Å². The SMILES string of the molecule is Cl.NCCCCNS(=O)(=O)c1ccc2c(c1)OCO2. The highest BCUT2D eigenvalue weighted by Gasteiger charge is 2.19. The molecule has 8 heteroatoms. The predicted octanol–water partition coefficient (Wildman–Crippen LogP) is 0.854. The van der Waals surface area contributed by atoms with Gasteiger partial charge in [-0.15, -0.1) is 12.4 Å². The van der Waals surface area contributed by atoms with Gasteiger partial charge in [0, 0.05) is 12.6 Å². The normalized spacial score (nSPS) is 13.1. The summed E-state index contributed by atoms with van der Waals surface area (Å²) in [6.07, 6.45) is 1.52. The van der Waals surface area contributed by atoms with E-state index in [1.54, 1.807) is 6.07 Å². The van der Waals surface area contributed by atoms with Crippen LogP contribution in [0.2, 0.25) is 0 Å². The summed E-state index contributed by atoms with van der Waals surface area (Å²) >= 11 is 0. The summed E-state index contributed by atoms with van der Waals surface area (Å²) in [5.74, 6) is 1.02. The molecule has 0 amide bonds. The molecule has 1 aliphatic heterocycles. The molecule has 0 saturated carbocycles. The van der Waals surface area contributed by atoms with Crippen molar-refractivity contribution in [1.29, 1.82) is 0 Å². The Kier molecular flexibility index (Phi) is 5.86. The summed E-state index contributed by atoms with van der Waals surface area (Å²) in [5.41, 5.74) is 5.34. The Bertz CT molecular complexity index is 521. The second-order valence-electron chi connectivity index (χ2n) is 3.91. The summed E-state index contributed by atoms with van der Waals surface area (Å²) < 4.78 is 36.7. The standard InChI is InChI=1S/C11H16N2O4S.ClH/c12-5-1-2-6-13-18(14,15)9-3-4-10-11(7-9)17-8-16-10;/h3-4,7,13H,1-2,5-6,8,12H2;1H. The molecular weight excluding hydrogens is 292 g/mol. The fraction of sp³-hybridized carbons (Fsp3) is 0.455. The van der Waals surface area contributed by atoms with Crippen LogP contribution in [0.4, 0.5) is 0 Å². The minimum Gasteiger partial charge on any atom is -0.454 e. The first kappa shape index (κ1) is 16.0. The molecule has 0 saturated heterocycles. The molecule has 6 nitrogen and oxygen atoms in total. The topological polar surface area (TPSA) is 90.7 Å². The number of ether oxygens (including phenoxy) is 2. The molecule has 0 bridgehead atoms. The zero-order chi connectivity index (χ0) is 13.0. The molecule has 0 aliphatic carbocycles. The van der Waals surface area contributed by atoms with Crippen LogP contribution in [0, 0.1) is 0 Å². The first-order chi connectivity index (χ1) is 8.63. The van der Waals surface area contributed by atoms with Crippen LogP contribution in [0.25, 0.3) is 0 Å². The van der Waals surface area contributed by atoms with Crippen molar-refractivity contribution in [1.82, 2.24) is 4.72 Å². The molecular formula is C11H17ClN2O4S. The Hall–Kier alpha value is -1.02. The highest BCUT2D eigenvalue weighted by Crippen LogP contribution is 2.33. The lowest BCUT2D eigenvalue weighted by atomic mass is 10.3. The van der Waals surface area contributed by atoms with Gasteiger partial charge in [0.15, 0.2) is 11.5 Å². The van der Waals surface area contributed by atoms with Crippen molar-refractivity contribution in [3.8, 4) is 11.5 Å². The van der Waals surface area contributed by atoms with Crippen molar-refractivity contribution in [2.24, 2.45) is 5.73 Å². The quantitative estimate of drug-likeness (QED) is 0.760. The van der Waals surface area contributed by atoms with Gasteiger partial charge in [-0.3, -0.25) is 0 Å². The Morgan fingerprint density at radius 1 is 1.21 bits per heavy atom. The van der Waals surface area contributed by atoms with Crippen LogP contribution in [0.3, 0.4) is 0 Å². The van der Waals surface area contributed by atoms with Gasteiger partial charge in [-0.2, -0.15) is 0 Å². The van der Waals surface area contributed by atoms with E-state index in [-0.39, 0.29) is 24.1 Å². The molecule has 0 aromatic heterocycles. The van der Waals surface area contributed by atoms with Gasteiger partial charge in [0.1, 0.15) is 0 Å². The third kappa shape index (κ3) is 3.97. The second-order valence-corrected chi connectivity index (χ2v) is 5.68.